The summed E-state index contributed by atoms with van der Waals surface area (Å²) in [4.78, 5) is 8.22. The number of nitrogens with zero attached hydrogens (tertiary/aromatic N) is 4. The molecule has 0 saturated heterocycles. The first kappa shape index (κ1) is 8.43. The number of anilines is 1. The third kappa shape index (κ3) is 1.17. The average Bonchev–Trinajstić information content (AvgIpc) is 2.32. The van der Waals surface area contributed by atoms with Gasteiger partial charge >= 0.3 is 0 Å². The van der Waals surface area contributed by atoms with Crippen molar-refractivity contribution in [3.63, 3.8) is 0 Å². The molecule has 2 heterocycles. The predicted molar refractivity (Wildman–Crippen MR) is 52.4 cm³/mol. The van der Waals surface area contributed by atoms with E-state index in [-0.39, 0.29) is 0 Å². The molecule has 0 atom stereocenters. The van der Waals surface area contributed by atoms with Gasteiger partial charge in [0.05, 0.1) is 10.2 Å². The van der Waals surface area contributed by atoms with Crippen molar-refractivity contribution in [1.82, 2.24) is 19.6 Å². The highest BCUT2D eigenvalue weighted by Crippen LogP contribution is 2.21. The van der Waals surface area contributed by atoms with E-state index in [2.05, 4.69) is 31.0 Å². The second kappa shape index (κ2) is 2.66. The minimum Gasteiger partial charge on any atom is -0.368 e. The normalized spacial score (nSPS) is 11.0. The molecule has 0 bridgehead atoms. The van der Waals surface area contributed by atoms with E-state index in [4.69, 9.17) is 5.73 Å². The van der Waals surface area contributed by atoms with Gasteiger partial charge in [0, 0.05) is 0 Å². The van der Waals surface area contributed by atoms with Crippen LogP contribution < -0.4 is 5.73 Å². The Kier molecular flexibility index (Phi) is 1.73. The van der Waals surface area contributed by atoms with Crippen molar-refractivity contribution in [2.75, 3.05) is 5.73 Å². The van der Waals surface area contributed by atoms with Crippen LogP contribution in [0.3, 0.4) is 0 Å². The minimum absolute atomic E-state index is 0.358. The predicted octanol–water partition coefficient (Wildman–Crippen LogP) is 1.09. The average molecular weight is 242 g/mol. The quantitative estimate of drug-likeness (QED) is 0.750. The molecule has 0 saturated carbocycles. The molecule has 0 aliphatic rings. The standard InChI is InChI=1S/C7H8BrN5/c1-3-5(8)6-10-4(2)11-7(9)13(6)12-3/h1-2H3,(H2,9,10,11). The number of rotatable bonds is 0. The van der Waals surface area contributed by atoms with E-state index in [1.54, 1.807) is 6.92 Å². The molecule has 0 fully saturated rings. The van der Waals surface area contributed by atoms with Crippen LogP contribution in [0.1, 0.15) is 11.5 Å². The highest BCUT2D eigenvalue weighted by atomic mass is 79.9. The molecule has 2 aromatic rings. The Bertz CT molecular complexity index is 475. The maximum absolute atomic E-state index is 5.67. The van der Waals surface area contributed by atoms with Gasteiger partial charge < -0.3 is 5.73 Å². The van der Waals surface area contributed by atoms with Crippen LogP contribution >= 0.6 is 15.9 Å². The van der Waals surface area contributed by atoms with Gasteiger partial charge in [0.1, 0.15) is 5.82 Å². The molecule has 2 rings (SSSR count). The van der Waals surface area contributed by atoms with E-state index < -0.39 is 0 Å². The summed E-state index contributed by atoms with van der Waals surface area (Å²) in [5.41, 5.74) is 7.23. The molecular weight excluding hydrogens is 234 g/mol. The van der Waals surface area contributed by atoms with Gasteiger partial charge in [-0.1, -0.05) is 0 Å². The summed E-state index contributed by atoms with van der Waals surface area (Å²) in [6.45, 7) is 3.68. The Hall–Kier alpha value is -1.17. The summed E-state index contributed by atoms with van der Waals surface area (Å²) in [6, 6.07) is 0. The lowest BCUT2D eigenvalue weighted by atomic mass is 10.5. The second-order valence-electron chi connectivity index (χ2n) is 2.76. The van der Waals surface area contributed by atoms with Crippen LogP contribution in [0.4, 0.5) is 5.95 Å². The molecule has 0 aromatic carbocycles. The lowest BCUT2D eigenvalue weighted by Crippen LogP contribution is -2.05. The third-order valence-electron chi connectivity index (χ3n) is 1.73. The van der Waals surface area contributed by atoms with Crippen LogP contribution in [0, 0.1) is 13.8 Å². The molecule has 68 valence electrons. The Morgan fingerprint density at radius 1 is 1.31 bits per heavy atom. The zero-order chi connectivity index (χ0) is 9.59. The number of hydrogen-bond donors (Lipinski definition) is 1. The van der Waals surface area contributed by atoms with Crippen molar-refractivity contribution in [2.24, 2.45) is 0 Å². The molecule has 0 aliphatic heterocycles. The maximum atomic E-state index is 5.67. The number of aryl methyl sites for hydroxylation is 2. The number of nitrogen functional groups attached to an aromatic ring is 1. The van der Waals surface area contributed by atoms with Gasteiger partial charge in [-0.25, -0.2) is 4.98 Å². The van der Waals surface area contributed by atoms with Crippen molar-refractivity contribution in [1.29, 1.82) is 0 Å². The smallest absolute Gasteiger partial charge is 0.224 e. The maximum Gasteiger partial charge on any atom is 0.224 e. The number of fused-ring (bicyclic) bond motifs is 1. The fraction of sp³-hybridized carbons (Fsp3) is 0.286. The zero-order valence-corrected chi connectivity index (χ0v) is 8.83. The Labute approximate surface area is 83.1 Å². The molecule has 5 nitrogen and oxygen atoms in total. The van der Waals surface area contributed by atoms with Gasteiger partial charge in [-0.2, -0.15) is 14.6 Å². The summed E-state index contributed by atoms with van der Waals surface area (Å²) in [5.74, 6) is 1.00. The highest BCUT2D eigenvalue weighted by Gasteiger charge is 2.10. The summed E-state index contributed by atoms with van der Waals surface area (Å²) in [7, 11) is 0. The van der Waals surface area contributed by atoms with Gasteiger partial charge in [-0.15, -0.1) is 0 Å². The Balaban J connectivity index is 2.94. The SMILES string of the molecule is Cc1nc(N)n2nc(C)c(Br)c2n1. The van der Waals surface area contributed by atoms with Crippen LogP contribution in [-0.2, 0) is 0 Å². The van der Waals surface area contributed by atoms with Crippen molar-refractivity contribution in [3.05, 3.63) is 16.0 Å². The van der Waals surface area contributed by atoms with Crippen molar-refractivity contribution in [2.45, 2.75) is 13.8 Å². The van der Waals surface area contributed by atoms with Crippen LogP contribution in [0.5, 0.6) is 0 Å². The lowest BCUT2D eigenvalue weighted by molar-refractivity contribution is 0.874. The van der Waals surface area contributed by atoms with Crippen molar-refractivity contribution < 1.29 is 0 Å². The fourth-order valence-electron chi connectivity index (χ4n) is 1.14. The molecule has 2 N–H and O–H groups in total. The topological polar surface area (TPSA) is 69.1 Å². The van der Waals surface area contributed by atoms with Crippen molar-refractivity contribution in [3.8, 4) is 0 Å². The van der Waals surface area contributed by atoms with E-state index in [0.717, 1.165) is 10.2 Å². The lowest BCUT2D eigenvalue weighted by Gasteiger charge is -1.97. The Morgan fingerprint density at radius 3 is 2.69 bits per heavy atom. The van der Waals surface area contributed by atoms with Gasteiger partial charge in [0.2, 0.25) is 5.95 Å². The molecule has 0 unspecified atom stereocenters. The van der Waals surface area contributed by atoms with Gasteiger partial charge in [-0.05, 0) is 29.8 Å². The number of nitrogens with two attached hydrogens (primary N) is 1. The van der Waals surface area contributed by atoms with Gasteiger partial charge in [0.25, 0.3) is 0 Å². The summed E-state index contributed by atoms with van der Waals surface area (Å²) >= 11 is 3.39. The van der Waals surface area contributed by atoms with E-state index in [1.165, 1.54) is 4.52 Å². The first-order valence-corrected chi connectivity index (χ1v) is 4.54. The summed E-state index contributed by atoms with van der Waals surface area (Å²) < 4.78 is 2.39. The number of hydrogen-bond acceptors (Lipinski definition) is 4. The fourth-order valence-corrected chi connectivity index (χ4v) is 1.48. The summed E-state index contributed by atoms with van der Waals surface area (Å²) in [6.07, 6.45) is 0. The second-order valence-corrected chi connectivity index (χ2v) is 3.56. The third-order valence-corrected chi connectivity index (χ3v) is 2.65. The zero-order valence-electron chi connectivity index (χ0n) is 7.24. The van der Waals surface area contributed by atoms with Crippen LogP contribution in [-0.4, -0.2) is 19.6 Å². The van der Waals surface area contributed by atoms with Crippen LogP contribution in [0.15, 0.2) is 4.47 Å². The molecule has 13 heavy (non-hydrogen) atoms. The van der Waals surface area contributed by atoms with Crippen LogP contribution in [0.2, 0.25) is 0 Å². The first-order valence-electron chi connectivity index (χ1n) is 3.74. The van der Waals surface area contributed by atoms with Crippen molar-refractivity contribution >= 4 is 27.5 Å². The first-order chi connectivity index (χ1) is 6.09. The highest BCUT2D eigenvalue weighted by molar-refractivity contribution is 9.10. The Morgan fingerprint density at radius 2 is 2.00 bits per heavy atom. The monoisotopic (exact) mass is 241 g/mol. The van der Waals surface area contributed by atoms with E-state index >= 15 is 0 Å². The summed E-state index contributed by atoms with van der Waals surface area (Å²) in [5, 5.41) is 4.17. The van der Waals surface area contributed by atoms with Gasteiger partial charge in [0.15, 0.2) is 5.65 Å². The molecule has 2 aromatic heterocycles. The molecule has 0 aliphatic carbocycles. The minimum atomic E-state index is 0.358. The van der Waals surface area contributed by atoms with E-state index in [1.807, 2.05) is 6.92 Å². The van der Waals surface area contributed by atoms with Gasteiger partial charge in [-0.3, -0.25) is 0 Å². The van der Waals surface area contributed by atoms with Crippen LogP contribution in [0.25, 0.3) is 5.65 Å². The number of halogens is 1. The molecule has 6 heteroatoms. The largest absolute Gasteiger partial charge is 0.368 e. The molecule has 0 amide bonds. The number of aromatic nitrogens is 4. The van der Waals surface area contributed by atoms with E-state index in [0.29, 0.717) is 17.4 Å². The molecule has 0 radical (unpaired) electrons. The molecule has 0 spiro atoms. The van der Waals surface area contributed by atoms with E-state index in [9.17, 15) is 0 Å². The molecular formula is C7H8BrN5.